The molecule has 0 saturated heterocycles. The van der Waals surface area contributed by atoms with Gasteiger partial charge < -0.3 is 20.1 Å². The molecule has 0 aromatic rings. The molecule has 1 amide bonds. The van der Waals surface area contributed by atoms with Crippen LogP contribution in [-0.2, 0) is 14.3 Å². The van der Waals surface area contributed by atoms with Gasteiger partial charge in [0, 0.05) is 45.9 Å². The van der Waals surface area contributed by atoms with Crippen LogP contribution in [0.15, 0.2) is 0 Å². The number of nitrogens with two attached hydrogens (primary N) is 1. The van der Waals surface area contributed by atoms with Crippen molar-refractivity contribution in [1.29, 1.82) is 0 Å². The monoisotopic (exact) mass is 286 g/mol. The maximum Gasteiger partial charge on any atom is 0.226 e. The van der Waals surface area contributed by atoms with E-state index in [0.29, 0.717) is 25.7 Å². The molecule has 118 valence electrons. The predicted octanol–water partition coefficient (Wildman–Crippen LogP) is 1.26. The highest BCUT2D eigenvalue weighted by atomic mass is 16.5. The van der Waals surface area contributed by atoms with E-state index < -0.39 is 0 Å². The van der Waals surface area contributed by atoms with Crippen molar-refractivity contribution in [3.8, 4) is 0 Å². The Morgan fingerprint density at radius 3 is 2.50 bits per heavy atom. The van der Waals surface area contributed by atoms with E-state index in [4.69, 9.17) is 15.2 Å². The van der Waals surface area contributed by atoms with Crippen molar-refractivity contribution in [1.82, 2.24) is 4.90 Å². The highest BCUT2D eigenvalue weighted by molar-refractivity contribution is 5.79. The first-order valence-electron chi connectivity index (χ1n) is 7.62. The fourth-order valence-corrected chi connectivity index (χ4v) is 2.97. The van der Waals surface area contributed by atoms with Crippen LogP contribution in [0.25, 0.3) is 0 Å². The van der Waals surface area contributed by atoms with E-state index in [1.54, 1.807) is 14.2 Å². The molecule has 20 heavy (non-hydrogen) atoms. The molecule has 1 rings (SSSR count). The van der Waals surface area contributed by atoms with Crippen LogP contribution in [-0.4, -0.2) is 57.4 Å². The summed E-state index contributed by atoms with van der Waals surface area (Å²) in [5.74, 6) is 0.755. The van der Waals surface area contributed by atoms with E-state index in [9.17, 15) is 4.79 Å². The number of amides is 1. The van der Waals surface area contributed by atoms with Gasteiger partial charge in [0.1, 0.15) is 0 Å². The van der Waals surface area contributed by atoms with Crippen LogP contribution >= 0.6 is 0 Å². The van der Waals surface area contributed by atoms with Crippen LogP contribution in [0.1, 0.15) is 32.6 Å². The van der Waals surface area contributed by atoms with Gasteiger partial charge in [-0.15, -0.1) is 0 Å². The molecule has 0 aliphatic heterocycles. The summed E-state index contributed by atoms with van der Waals surface area (Å²) in [4.78, 5) is 14.6. The van der Waals surface area contributed by atoms with E-state index in [1.165, 1.54) is 0 Å². The van der Waals surface area contributed by atoms with Crippen LogP contribution < -0.4 is 5.73 Å². The number of carbonyl (C=O) groups excluding carboxylic acids is 1. The smallest absolute Gasteiger partial charge is 0.226 e. The van der Waals surface area contributed by atoms with Crippen molar-refractivity contribution in [2.45, 2.75) is 38.6 Å². The molecule has 3 unspecified atom stereocenters. The van der Waals surface area contributed by atoms with Crippen LogP contribution in [0.3, 0.4) is 0 Å². The average Bonchev–Trinajstić information content (AvgIpc) is 2.42. The highest BCUT2D eigenvalue weighted by Gasteiger charge is 2.33. The molecule has 0 radical (unpaired) electrons. The van der Waals surface area contributed by atoms with Crippen molar-refractivity contribution in [2.75, 3.05) is 40.5 Å². The van der Waals surface area contributed by atoms with Crippen molar-refractivity contribution in [3.05, 3.63) is 0 Å². The van der Waals surface area contributed by atoms with Gasteiger partial charge in [0.15, 0.2) is 0 Å². The lowest BCUT2D eigenvalue weighted by Crippen LogP contribution is -2.44. The number of nitrogens with zero attached hydrogens (tertiary/aromatic N) is 1. The quantitative estimate of drug-likeness (QED) is 0.682. The molecular formula is C15H30N2O3. The number of carbonyl (C=O) groups is 1. The SMILES string of the molecule is COCCCN(CCOC)C(=O)C1CCC(N)CC1C. The van der Waals surface area contributed by atoms with Gasteiger partial charge in [-0.3, -0.25) is 4.79 Å². The Morgan fingerprint density at radius 2 is 1.90 bits per heavy atom. The summed E-state index contributed by atoms with van der Waals surface area (Å²) in [5, 5.41) is 0. The number of hydrogen-bond acceptors (Lipinski definition) is 4. The molecule has 1 saturated carbocycles. The Kier molecular flexibility index (Phi) is 8.11. The second-order valence-electron chi connectivity index (χ2n) is 5.82. The molecule has 3 atom stereocenters. The lowest BCUT2D eigenvalue weighted by atomic mass is 9.77. The van der Waals surface area contributed by atoms with E-state index in [2.05, 4.69) is 6.92 Å². The van der Waals surface area contributed by atoms with Gasteiger partial charge in [0.25, 0.3) is 0 Å². The molecule has 0 aromatic carbocycles. The van der Waals surface area contributed by atoms with Gasteiger partial charge in [0.2, 0.25) is 5.91 Å². The third-order valence-corrected chi connectivity index (χ3v) is 4.18. The summed E-state index contributed by atoms with van der Waals surface area (Å²) in [6.45, 7) is 4.81. The summed E-state index contributed by atoms with van der Waals surface area (Å²) in [6.07, 6.45) is 3.69. The molecule has 2 N–H and O–H groups in total. The molecule has 1 aliphatic rings. The van der Waals surface area contributed by atoms with E-state index in [-0.39, 0.29) is 17.9 Å². The highest BCUT2D eigenvalue weighted by Crippen LogP contribution is 2.30. The summed E-state index contributed by atoms with van der Waals surface area (Å²) >= 11 is 0. The van der Waals surface area contributed by atoms with E-state index in [0.717, 1.165) is 32.2 Å². The third kappa shape index (κ3) is 5.38. The van der Waals surface area contributed by atoms with Crippen molar-refractivity contribution < 1.29 is 14.3 Å². The van der Waals surface area contributed by atoms with Crippen molar-refractivity contribution in [2.24, 2.45) is 17.6 Å². The zero-order valence-electron chi connectivity index (χ0n) is 13.1. The van der Waals surface area contributed by atoms with Gasteiger partial charge in [0.05, 0.1) is 6.61 Å². The minimum atomic E-state index is 0.120. The number of methoxy groups -OCH3 is 2. The Morgan fingerprint density at radius 1 is 1.20 bits per heavy atom. The lowest BCUT2D eigenvalue weighted by Gasteiger charge is -2.35. The standard InChI is InChI=1S/C15H30N2O3/c1-12-11-13(16)5-6-14(12)15(18)17(8-10-20-3)7-4-9-19-2/h12-14H,4-11,16H2,1-3H3. The van der Waals surface area contributed by atoms with Crippen LogP contribution in [0.2, 0.25) is 0 Å². The average molecular weight is 286 g/mol. The second kappa shape index (κ2) is 9.32. The Hall–Kier alpha value is -0.650. The molecule has 5 heteroatoms. The molecule has 0 spiro atoms. The molecule has 1 fully saturated rings. The number of rotatable bonds is 8. The van der Waals surface area contributed by atoms with Crippen molar-refractivity contribution in [3.63, 3.8) is 0 Å². The molecule has 0 aromatic heterocycles. The topological polar surface area (TPSA) is 64.8 Å². The summed E-state index contributed by atoms with van der Waals surface area (Å²) in [6, 6.07) is 0.259. The largest absolute Gasteiger partial charge is 0.385 e. The Bertz CT molecular complexity index is 286. The van der Waals surface area contributed by atoms with Crippen molar-refractivity contribution >= 4 is 5.91 Å². The lowest BCUT2D eigenvalue weighted by molar-refractivity contribution is -0.139. The van der Waals surface area contributed by atoms with Gasteiger partial charge >= 0.3 is 0 Å². The Balaban J connectivity index is 2.56. The normalized spacial score (nSPS) is 26.5. The van der Waals surface area contributed by atoms with Gasteiger partial charge in [-0.1, -0.05) is 6.92 Å². The van der Waals surface area contributed by atoms with Crippen LogP contribution in [0.4, 0.5) is 0 Å². The van der Waals surface area contributed by atoms with Crippen LogP contribution in [0.5, 0.6) is 0 Å². The van der Waals surface area contributed by atoms with Gasteiger partial charge in [-0.2, -0.15) is 0 Å². The number of hydrogen-bond donors (Lipinski definition) is 1. The minimum Gasteiger partial charge on any atom is -0.385 e. The first kappa shape index (κ1) is 17.4. The zero-order valence-corrected chi connectivity index (χ0v) is 13.1. The predicted molar refractivity (Wildman–Crippen MR) is 79.4 cm³/mol. The molecule has 1 aliphatic carbocycles. The van der Waals surface area contributed by atoms with Gasteiger partial charge in [-0.25, -0.2) is 0 Å². The van der Waals surface area contributed by atoms with Crippen LogP contribution in [0, 0.1) is 11.8 Å². The first-order valence-corrected chi connectivity index (χ1v) is 7.62. The maximum atomic E-state index is 12.7. The fraction of sp³-hybridized carbons (Fsp3) is 0.933. The summed E-state index contributed by atoms with van der Waals surface area (Å²) in [7, 11) is 3.35. The zero-order chi connectivity index (χ0) is 15.0. The molecule has 5 nitrogen and oxygen atoms in total. The van der Waals surface area contributed by atoms with E-state index >= 15 is 0 Å². The van der Waals surface area contributed by atoms with E-state index in [1.807, 2.05) is 4.90 Å². The number of ether oxygens (including phenoxy) is 2. The molecular weight excluding hydrogens is 256 g/mol. The Labute approximate surface area is 122 Å². The fourth-order valence-electron chi connectivity index (χ4n) is 2.97. The summed E-state index contributed by atoms with van der Waals surface area (Å²) < 4.78 is 10.2. The van der Waals surface area contributed by atoms with Gasteiger partial charge in [-0.05, 0) is 31.6 Å². The first-order chi connectivity index (χ1) is 9.60. The molecule has 0 bridgehead atoms. The summed E-state index contributed by atoms with van der Waals surface area (Å²) in [5.41, 5.74) is 5.98. The third-order valence-electron chi connectivity index (χ3n) is 4.18. The maximum absolute atomic E-state index is 12.7. The molecule has 0 heterocycles. The minimum absolute atomic E-state index is 0.120. The second-order valence-corrected chi connectivity index (χ2v) is 5.82.